The number of rotatable bonds is 6. The number of aryl methyl sites for hydroxylation is 1. The molecule has 0 spiro atoms. The largest absolute Gasteiger partial charge is 0.435 e. The lowest BCUT2D eigenvalue weighted by Crippen LogP contribution is -2.47. The van der Waals surface area contributed by atoms with E-state index in [9.17, 15) is 21.6 Å². The molecule has 1 aromatic carbocycles. The van der Waals surface area contributed by atoms with E-state index < -0.39 is 21.9 Å². The summed E-state index contributed by atoms with van der Waals surface area (Å²) in [4.78, 5) is 4.41. The Labute approximate surface area is 202 Å². The highest BCUT2D eigenvalue weighted by Gasteiger charge is 2.41. The minimum absolute atomic E-state index is 0.0323. The summed E-state index contributed by atoms with van der Waals surface area (Å²) in [5.41, 5.74) is 7.03. The molecular formula is C21H28ClF3N6O2S. The molecule has 13 heteroatoms. The molecule has 2 aromatic rings. The highest BCUT2D eigenvalue weighted by atomic mass is 35.5. The number of hydrogen-bond donors (Lipinski definition) is 1. The third-order valence-electron chi connectivity index (χ3n) is 6.39. The van der Waals surface area contributed by atoms with Crippen LogP contribution >= 0.6 is 11.6 Å². The monoisotopic (exact) mass is 520 g/mol. The molecule has 0 saturated carbocycles. The van der Waals surface area contributed by atoms with E-state index in [1.807, 2.05) is 18.2 Å². The number of benzene rings is 1. The predicted octanol–water partition coefficient (Wildman–Crippen LogP) is 2.67. The average Bonchev–Trinajstić information content (AvgIpc) is 3.13. The van der Waals surface area contributed by atoms with Crippen LogP contribution in [-0.4, -0.2) is 72.9 Å². The molecule has 2 N–H and O–H groups in total. The fraction of sp³-hybridized carbons (Fsp3) is 0.571. The van der Waals surface area contributed by atoms with Crippen LogP contribution in [0.2, 0.25) is 5.02 Å². The first kappa shape index (κ1) is 25.1. The summed E-state index contributed by atoms with van der Waals surface area (Å²) in [5, 5.41) is 4.47. The van der Waals surface area contributed by atoms with Gasteiger partial charge in [-0.25, -0.2) is 8.42 Å². The van der Waals surface area contributed by atoms with Crippen LogP contribution in [0.5, 0.6) is 0 Å². The lowest BCUT2D eigenvalue weighted by molar-refractivity contribution is -0.142. The molecule has 0 atom stereocenters. The van der Waals surface area contributed by atoms with Crippen molar-refractivity contribution in [3.63, 3.8) is 0 Å². The molecule has 2 aliphatic heterocycles. The number of anilines is 2. The van der Waals surface area contributed by atoms with E-state index >= 15 is 0 Å². The van der Waals surface area contributed by atoms with E-state index in [1.165, 1.54) is 4.68 Å². The third-order valence-corrected chi connectivity index (χ3v) is 7.94. The second kappa shape index (κ2) is 9.56. The summed E-state index contributed by atoms with van der Waals surface area (Å²) >= 11 is 6.32. The van der Waals surface area contributed by atoms with Crippen LogP contribution in [0.1, 0.15) is 23.4 Å². The normalized spacial score (nSPS) is 18.3. The number of alkyl halides is 3. The number of aromatic nitrogens is 2. The van der Waals surface area contributed by atoms with Crippen molar-refractivity contribution in [2.45, 2.75) is 32.1 Å². The van der Waals surface area contributed by atoms with Gasteiger partial charge in [0.05, 0.1) is 22.7 Å². The van der Waals surface area contributed by atoms with Crippen LogP contribution in [0, 0.1) is 0 Å². The maximum atomic E-state index is 13.6. The Bertz CT molecular complexity index is 1130. The Morgan fingerprint density at radius 1 is 1.12 bits per heavy atom. The first-order valence-electron chi connectivity index (χ1n) is 11.1. The quantitative estimate of drug-likeness (QED) is 0.589. The molecule has 0 bridgehead atoms. The van der Waals surface area contributed by atoms with E-state index in [4.69, 9.17) is 17.3 Å². The minimum atomic E-state index is -4.63. The van der Waals surface area contributed by atoms with Gasteiger partial charge in [0.1, 0.15) is 0 Å². The molecule has 0 amide bonds. The molecule has 8 nitrogen and oxygen atoms in total. The van der Waals surface area contributed by atoms with E-state index in [0.29, 0.717) is 29.4 Å². The van der Waals surface area contributed by atoms with E-state index in [1.54, 1.807) is 0 Å². The second-order valence-electron chi connectivity index (χ2n) is 8.70. The number of halogens is 4. The molecular weight excluding hydrogens is 493 g/mol. The molecule has 0 unspecified atom stereocenters. The van der Waals surface area contributed by atoms with Crippen molar-refractivity contribution in [3.8, 4) is 0 Å². The van der Waals surface area contributed by atoms with Crippen LogP contribution in [0.3, 0.4) is 0 Å². The lowest BCUT2D eigenvalue weighted by Gasteiger charge is -2.37. The molecule has 0 aliphatic carbocycles. The van der Waals surface area contributed by atoms with Gasteiger partial charge in [-0.2, -0.15) is 22.6 Å². The Kier molecular flexibility index (Phi) is 7.05. The van der Waals surface area contributed by atoms with Crippen molar-refractivity contribution in [3.05, 3.63) is 40.2 Å². The lowest BCUT2D eigenvalue weighted by atomic mass is 10.1. The van der Waals surface area contributed by atoms with Crippen LogP contribution in [0.4, 0.5) is 24.5 Å². The maximum absolute atomic E-state index is 13.6. The summed E-state index contributed by atoms with van der Waals surface area (Å²) in [5.74, 6) is 0. The number of para-hydroxylation sites is 1. The number of nitrogens with zero attached hydrogens (tertiary/aromatic N) is 5. The fourth-order valence-electron chi connectivity index (χ4n) is 4.67. The summed E-state index contributed by atoms with van der Waals surface area (Å²) in [6.45, 7) is 4.01. The number of hydrogen-bond acceptors (Lipinski definition) is 6. The zero-order valence-electron chi connectivity index (χ0n) is 18.9. The molecule has 34 heavy (non-hydrogen) atoms. The van der Waals surface area contributed by atoms with Gasteiger partial charge in [0.25, 0.3) is 0 Å². The van der Waals surface area contributed by atoms with Crippen molar-refractivity contribution in [2.75, 3.05) is 56.2 Å². The van der Waals surface area contributed by atoms with Crippen molar-refractivity contribution in [2.24, 2.45) is 0 Å². The topological polar surface area (TPSA) is 87.7 Å². The van der Waals surface area contributed by atoms with E-state index in [-0.39, 0.29) is 25.1 Å². The zero-order valence-corrected chi connectivity index (χ0v) is 20.4. The van der Waals surface area contributed by atoms with E-state index in [2.05, 4.69) is 14.9 Å². The Hall–Kier alpha value is -2.02. The number of nitrogen functional groups attached to an aromatic ring is 1. The molecule has 1 aromatic heterocycles. The average molecular weight is 521 g/mol. The molecule has 188 valence electrons. The van der Waals surface area contributed by atoms with E-state index in [0.717, 1.165) is 49.0 Å². The SMILES string of the molecule is CS(=O)(=O)N1CCc2c(c(C(F)(F)F)nn2CCCN2CCN(c3c(N)cccc3Cl)CC2)C1. The summed E-state index contributed by atoms with van der Waals surface area (Å²) in [6.07, 6.45) is -2.78. The van der Waals surface area contributed by atoms with Gasteiger partial charge < -0.3 is 10.6 Å². The third kappa shape index (κ3) is 5.29. The van der Waals surface area contributed by atoms with Gasteiger partial charge in [0, 0.05) is 70.0 Å². The second-order valence-corrected chi connectivity index (χ2v) is 11.1. The molecule has 2 aliphatic rings. The molecule has 3 heterocycles. The fourth-order valence-corrected chi connectivity index (χ4v) is 5.75. The van der Waals surface area contributed by atoms with Crippen LogP contribution in [0.25, 0.3) is 0 Å². The number of fused-ring (bicyclic) bond motifs is 1. The van der Waals surface area contributed by atoms with Gasteiger partial charge in [0.2, 0.25) is 10.0 Å². The standard InChI is InChI=1S/C21H28ClF3N6O2S/c1-34(32,33)30-9-6-18-15(14-30)20(21(23,24)25)27-31(18)8-3-7-28-10-12-29(13-11-28)19-16(22)4-2-5-17(19)26/h2,4-5H,3,6-14,26H2,1H3. The number of piperazine rings is 1. The van der Waals surface area contributed by atoms with Crippen molar-refractivity contribution in [1.82, 2.24) is 19.0 Å². The Morgan fingerprint density at radius 2 is 1.82 bits per heavy atom. The van der Waals surface area contributed by atoms with Crippen molar-refractivity contribution >= 4 is 33.0 Å². The first-order chi connectivity index (χ1) is 15.9. The minimum Gasteiger partial charge on any atom is -0.397 e. The Balaban J connectivity index is 1.37. The van der Waals surface area contributed by atoms with Crippen molar-refractivity contribution < 1.29 is 21.6 Å². The zero-order chi connectivity index (χ0) is 24.7. The summed E-state index contributed by atoms with van der Waals surface area (Å²) < 4.78 is 67.0. The van der Waals surface area contributed by atoms with Crippen LogP contribution in [-0.2, 0) is 35.7 Å². The van der Waals surface area contributed by atoms with Gasteiger partial charge in [-0.05, 0) is 18.6 Å². The summed E-state index contributed by atoms with van der Waals surface area (Å²) in [6, 6.07) is 5.45. The maximum Gasteiger partial charge on any atom is 0.435 e. The molecule has 0 radical (unpaired) electrons. The first-order valence-corrected chi connectivity index (χ1v) is 13.3. The van der Waals surface area contributed by atoms with Crippen LogP contribution < -0.4 is 10.6 Å². The van der Waals surface area contributed by atoms with Crippen LogP contribution in [0.15, 0.2) is 18.2 Å². The van der Waals surface area contributed by atoms with Gasteiger partial charge >= 0.3 is 6.18 Å². The van der Waals surface area contributed by atoms with Gasteiger partial charge in [0.15, 0.2) is 5.69 Å². The van der Waals surface area contributed by atoms with Gasteiger partial charge in [-0.15, -0.1) is 0 Å². The smallest absolute Gasteiger partial charge is 0.397 e. The summed E-state index contributed by atoms with van der Waals surface area (Å²) in [7, 11) is -3.58. The molecule has 1 saturated heterocycles. The Morgan fingerprint density at radius 3 is 2.44 bits per heavy atom. The highest BCUT2D eigenvalue weighted by Crippen LogP contribution is 2.36. The predicted molar refractivity (Wildman–Crippen MR) is 125 cm³/mol. The van der Waals surface area contributed by atoms with Gasteiger partial charge in [-0.1, -0.05) is 17.7 Å². The number of nitrogens with two attached hydrogens (primary N) is 1. The number of sulfonamides is 1. The molecule has 4 rings (SSSR count). The highest BCUT2D eigenvalue weighted by molar-refractivity contribution is 7.88. The molecule has 1 fully saturated rings. The van der Waals surface area contributed by atoms with Gasteiger partial charge in [-0.3, -0.25) is 9.58 Å². The van der Waals surface area contributed by atoms with Crippen molar-refractivity contribution in [1.29, 1.82) is 0 Å².